The number of halogens is 1. The zero-order valence-corrected chi connectivity index (χ0v) is 23.8. The van der Waals surface area contributed by atoms with Crippen molar-refractivity contribution in [2.75, 3.05) is 38.7 Å². The third kappa shape index (κ3) is 6.00. The molecule has 0 bridgehead atoms. The number of hydrogen-bond acceptors (Lipinski definition) is 9. The molecule has 1 amide bonds. The Morgan fingerprint density at radius 3 is 2.60 bits per heavy atom. The maximum absolute atomic E-state index is 13.1. The first-order chi connectivity index (χ1) is 20.5. The number of amides is 1. The molecule has 0 radical (unpaired) electrons. The number of nitrogens with zero attached hydrogens (tertiary/aromatic N) is 4. The van der Waals surface area contributed by atoms with Gasteiger partial charge in [-0.3, -0.25) is 4.79 Å². The number of carbonyl (C=O) groups excluding carboxylic acids is 2. The zero-order chi connectivity index (χ0) is 29.1. The molecular weight excluding hydrogens is 558 g/mol. The molecule has 42 heavy (non-hydrogen) atoms. The molecule has 0 unspecified atom stereocenters. The van der Waals surface area contributed by atoms with Gasteiger partial charge in [-0.15, -0.1) is 0 Å². The number of pyridine rings is 1. The molecule has 2 aliphatic heterocycles. The van der Waals surface area contributed by atoms with Crippen molar-refractivity contribution in [1.29, 1.82) is 0 Å². The summed E-state index contributed by atoms with van der Waals surface area (Å²) in [5.41, 5.74) is 2.48. The van der Waals surface area contributed by atoms with Crippen molar-refractivity contribution in [2.24, 2.45) is 5.92 Å². The molecule has 2 aromatic heterocycles. The lowest BCUT2D eigenvalue weighted by Gasteiger charge is -2.26. The fourth-order valence-corrected chi connectivity index (χ4v) is 5.54. The summed E-state index contributed by atoms with van der Waals surface area (Å²) in [6.07, 6.45) is 5.58. The topological polar surface area (TPSA) is 116 Å². The summed E-state index contributed by atoms with van der Waals surface area (Å²) in [5.74, 6) is 0.869. The van der Waals surface area contributed by atoms with Crippen LogP contribution in [0.4, 0.5) is 5.82 Å². The number of ether oxygens (including phenoxy) is 3. The van der Waals surface area contributed by atoms with Crippen molar-refractivity contribution >= 4 is 40.2 Å². The number of likely N-dealkylation sites (tertiary alicyclic amines) is 1. The fourth-order valence-electron chi connectivity index (χ4n) is 5.41. The van der Waals surface area contributed by atoms with Crippen LogP contribution in [0, 0.1) is 5.92 Å². The Bertz CT molecular complexity index is 1610. The maximum atomic E-state index is 13.1. The molecular formula is C31H30ClN5O5. The number of fused-ring (bicyclic) bond motifs is 1. The Morgan fingerprint density at radius 2 is 1.81 bits per heavy atom. The number of carbonyl (C=O) groups is 2. The second-order valence-corrected chi connectivity index (χ2v) is 10.8. The fraction of sp³-hybridized carbons (Fsp3) is 0.323. The molecule has 2 fully saturated rings. The van der Waals surface area contributed by atoms with Gasteiger partial charge in [-0.25, -0.2) is 19.7 Å². The van der Waals surface area contributed by atoms with Crippen LogP contribution in [0.15, 0.2) is 61.1 Å². The van der Waals surface area contributed by atoms with Crippen molar-refractivity contribution < 1.29 is 23.8 Å². The van der Waals surface area contributed by atoms with Gasteiger partial charge in [-0.1, -0.05) is 17.7 Å². The molecule has 0 aliphatic carbocycles. The first-order valence-corrected chi connectivity index (χ1v) is 14.3. The number of benzene rings is 2. The van der Waals surface area contributed by atoms with Crippen LogP contribution in [0.1, 0.15) is 29.6 Å². The lowest BCUT2D eigenvalue weighted by Crippen LogP contribution is -2.38. The van der Waals surface area contributed by atoms with E-state index >= 15 is 0 Å². The minimum Gasteiger partial charge on any atom is -0.480 e. The number of methoxy groups -OCH3 is 1. The normalized spacial score (nSPS) is 17.3. The molecule has 2 aromatic carbocycles. The molecule has 1 atom stereocenters. The lowest BCUT2D eigenvalue weighted by atomic mass is 9.99. The first-order valence-electron chi connectivity index (χ1n) is 13.9. The highest BCUT2D eigenvalue weighted by Gasteiger charge is 2.32. The predicted molar refractivity (Wildman–Crippen MR) is 158 cm³/mol. The molecule has 10 nitrogen and oxygen atoms in total. The minimum absolute atomic E-state index is 0.0476. The highest BCUT2D eigenvalue weighted by atomic mass is 35.5. The molecule has 4 aromatic rings. The van der Waals surface area contributed by atoms with E-state index in [0.29, 0.717) is 48.5 Å². The first kappa shape index (κ1) is 27.9. The summed E-state index contributed by atoms with van der Waals surface area (Å²) in [4.78, 5) is 41.4. The molecule has 0 spiro atoms. The maximum Gasteiger partial charge on any atom is 0.349 e. The largest absolute Gasteiger partial charge is 0.480 e. The van der Waals surface area contributed by atoms with Crippen LogP contribution in [-0.2, 0) is 9.53 Å². The summed E-state index contributed by atoms with van der Waals surface area (Å²) in [7, 11) is 1.45. The molecule has 2 saturated heterocycles. The third-order valence-electron chi connectivity index (χ3n) is 7.67. The van der Waals surface area contributed by atoms with Gasteiger partial charge in [0.15, 0.2) is 0 Å². The molecule has 0 saturated carbocycles. The predicted octanol–water partition coefficient (Wildman–Crippen LogP) is 5.01. The average Bonchev–Trinajstić information content (AvgIpc) is 3.50. The van der Waals surface area contributed by atoms with Gasteiger partial charge in [0.2, 0.25) is 11.8 Å². The second-order valence-electron chi connectivity index (χ2n) is 10.4. The van der Waals surface area contributed by atoms with Crippen molar-refractivity contribution in [3.05, 3.63) is 71.6 Å². The summed E-state index contributed by atoms with van der Waals surface area (Å²) >= 11 is 5.95. The van der Waals surface area contributed by atoms with Crippen LogP contribution in [-0.4, -0.2) is 71.2 Å². The Labute approximate surface area is 248 Å². The highest BCUT2D eigenvalue weighted by Crippen LogP contribution is 2.31. The van der Waals surface area contributed by atoms with Gasteiger partial charge in [0.05, 0.1) is 12.6 Å². The van der Waals surface area contributed by atoms with Crippen molar-refractivity contribution in [1.82, 2.24) is 19.9 Å². The zero-order valence-electron chi connectivity index (χ0n) is 23.1. The van der Waals surface area contributed by atoms with E-state index in [-0.39, 0.29) is 29.3 Å². The van der Waals surface area contributed by atoms with Gasteiger partial charge in [0.1, 0.15) is 23.5 Å². The molecule has 1 N–H and O–H groups in total. The van der Waals surface area contributed by atoms with Gasteiger partial charge in [-0.05, 0) is 67.3 Å². The minimum atomic E-state index is -0.601. The van der Waals surface area contributed by atoms with Gasteiger partial charge in [0, 0.05) is 60.4 Å². The Balaban J connectivity index is 1.22. The van der Waals surface area contributed by atoms with Gasteiger partial charge in [-0.2, -0.15) is 0 Å². The molecule has 4 heterocycles. The van der Waals surface area contributed by atoms with E-state index in [1.54, 1.807) is 36.5 Å². The van der Waals surface area contributed by atoms with Gasteiger partial charge in [0.25, 0.3) is 0 Å². The number of anilines is 1. The van der Waals surface area contributed by atoms with E-state index in [9.17, 15) is 9.59 Å². The standard InChI is InChI=1S/C31H30ClN5O5/c1-40-29-26(31(39)42-24-5-3-22(32)4-6-24)15-21(16-33-29)20-2-7-27-25(14-20)28(35-18-34-27)36-23-8-11-37(17-23)30(38)19-9-12-41-13-10-19/h2-7,14-16,18-19,23H,8-13,17H2,1H3,(H,34,35,36)/t23-/m0/s1. The second kappa shape index (κ2) is 12.3. The Hall–Kier alpha value is -4.28. The van der Waals surface area contributed by atoms with E-state index in [1.165, 1.54) is 13.4 Å². The molecule has 216 valence electrons. The highest BCUT2D eigenvalue weighted by molar-refractivity contribution is 6.30. The van der Waals surface area contributed by atoms with Crippen LogP contribution in [0.2, 0.25) is 5.02 Å². The van der Waals surface area contributed by atoms with Crippen molar-refractivity contribution in [3.63, 3.8) is 0 Å². The van der Waals surface area contributed by atoms with Crippen LogP contribution in [0.3, 0.4) is 0 Å². The van der Waals surface area contributed by atoms with Crippen LogP contribution in [0.5, 0.6) is 11.6 Å². The van der Waals surface area contributed by atoms with Crippen LogP contribution < -0.4 is 14.8 Å². The number of rotatable bonds is 7. The molecule has 2 aliphatic rings. The number of aromatic nitrogens is 3. The van der Waals surface area contributed by atoms with E-state index in [0.717, 1.165) is 35.7 Å². The average molecular weight is 588 g/mol. The van der Waals surface area contributed by atoms with Gasteiger partial charge >= 0.3 is 5.97 Å². The molecule has 6 rings (SSSR count). The Morgan fingerprint density at radius 1 is 1.00 bits per heavy atom. The number of esters is 1. The van der Waals surface area contributed by atoms with Gasteiger partial charge < -0.3 is 24.4 Å². The molecule has 11 heteroatoms. The Kier molecular flexibility index (Phi) is 8.16. The van der Waals surface area contributed by atoms with Crippen LogP contribution in [0.25, 0.3) is 22.0 Å². The SMILES string of the molecule is COc1ncc(-c2ccc3ncnc(N[C@H]4CCN(C(=O)C5CCOCC5)C4)c3c2)cc1C(=O)Oc1ccc(Cl)cc1. The van der Waals surface area contributed by atoms with Crippen molar-refractivity contribution in [2.45, 2.75) is 25.3 Å². The van der Waals surface area contributed by atoms with E-state index in [1.807, 2.05) is 23.1 Å². The van der Waals surface area contributed by atoms with E-state index in [2.05, 4.69) is 20.3 Å². The number of hydrogen-bond donors (Lipinski definition) is 1. The number of nitrogens with one attached hydrogen (secondary N) is 1. The van der Waals surface area contributed by atoms with E-state index < -0.39 is 5.97 Å². The quantitative estimate of drug-likeness (QED) is 0.235. The van der Waals surface area contributed by atoms with Crippen molar-refractivity contribution in [3.8, 4) is 22.8 Å². The summed E-state index contributed by atoms with van der Waals surface area (Å²) in [6.45, 7) is 2.64. The van der Waals surface area contributed by atoms with E-state index in [4.69, 9.17) is 25.8 Å². The van der Waals surface area contributed by atoms with Crippen LogP contribution >= 0.6 is 11.6 Å². The third-order valence-corrected chi connectivity index (χ3v) is 7.92. The summed E-state index contributed by atoms with van der Waals surface area (Å²) in [6, 6.07) is 14.1. The smallest absolute Gasteiger partial charge is 0.349 e. The lowest BCUT2D eigenvalue weighted by molar-refractivity contribution is -0.137. The summed E-state index contributed by atoms with van der Waals surface area (Å²) < 4.78 is 16.3. The summed E-state index contributed by atoms with van der Waals surface area (Å²) in [5, 5.41) is 4.91. The monoisotopic (exact) mass is 587 g/mol.